The zero-order valence-corrected chi connectivity index (χ0v) is 9.51. The van der Waals surface area contributed by atoms with E-state index in [0.29, 0.717) is 0 Å². The van der Waals surface area contributed by atoms with Crippen LogP contribution in [0.5, 0.6) is 0 Å². The van der Waals surface area contributed by atoms with Crippen LogP contribution in [0, 0.1) is 0 Å². The lowest BCUT2D eigenvalue weighted by atomic mass is 10.5. The molecular formula is C9H26N4. The third-order valence-corrected chi connectivity index (χ3v) is 0.807. The lowest BCUT2D eigenvalue weighted by molar-refractivity contribution is 0.927. The van der Waals surface area contributed by atoms with E-state index < -0.39 is 0 Å². The molecule has 13 heavy (non-hydrogen) atoms. The molecular weight excluding hydrogens is 164 g/mol. The van der Waals surface area contributed by atoms with Gasteiger partial charge in [0.2, 0.25) is 0 Å². The number of hydrogen-bond acceptors (Lipinski definition) is 2. The van der Waals surface area contributed by atoms with E-state index in [1.54, 1.807) is 0 Å². The minimum absolute atomic E-state index is 0.182. The Morgan fingerprint density at radius 2 is 1.46 bits per heavy atom. The molecule has 0 atom stereocenters. The molecule has 0 aromatic rings. The van der Waals surface area contributed by atoms with Gasteiger partial charge in [-0.05, 0) is 19.4 Å². The molecule has 0 bridgehead atoms. The normalized spacial score (nSPS) is 7.15. The van der Waals surface area contributed by atoms with Crippen molar-refractivity contribution in [1.29, 1.82) is 0 Å². The number of nitrogens with two attached hydrogens (primary N) is 3. The van der Waals surface area contributed by atoms with Crippen LogP contribution in [0.25, 0.3) is 0 Å². The van der Waals surface area contributed by atoms with Crippen LogP contribution >= 0.6 is 0 Å². The number of rotatable bonds is 3. The van der Waals surface area contributed by atoms with Gasteiger partial charge < -0.3 is 17.2 Å². The minimum Gasteiger partial charge on any atom is -0.370 e. The summed E-state index contributed by atoms with van der Waals surface area (Å²) in [7, 11) is 0. The average molecular weight is 190 g/mol. The average Bonchev–Trinajstić information content (AvgIpc) is 2.18. The van der Waals surface area contributed by atoms with E-state index >= 15 is 0 Å². The van der Waals surface area contributed by atoms with Crippen molar-refractivity contribution >= 4 is 5.96 Å². The first-order chi connectivity index (χ1) is 6.18. The predicted octanol–water partition coefficient (Wildman–Crippen LogP) is 1.05. The Balaban J connectivity index is -0.000000142. The molecule has 82 valence electrons. The summed E-state index contributed by atoms with van der Waals surface area (Å²) in [5, 5.41) is 0. The number of guanidine groups is 1. The van der Waals surface area contributed by atoms with Crippen molar-refractivity contribution < 1.29 is 0 Å². The van der Waals surface area contributed by atoms with E-state index in [0.717, 1.165) is 25.9 Å². The van der Waals surface area contributed by atoms with Crippen molar-refractivity contribution in [2.75, 3.05) is 13.1 Å². The highest BCUT2D eigenvalue weighted by atomic mass is 15.0. The van der Waals surface area contributed by atoms with Gasteiger partial charge in [0.25, 0.3) is 0 Å². The Labute approximate surface area is 82.6 Å². The fourth-order valence-corrected chi connectivity index (χ4v) is 0.241. The summed E-state index contributed by atoms with van der Waals surface area (Å²) in [6, 6.07) is 0. The van der Waals surface area contributed by atoms with E-state index in [-0.39, 0.29) is 5.96 Å². The van der Waals surface area contributed by atoms with Gasteiger partial charge in [-0.25, -0.2) is 0 Å². The topological polar surface area (TPSA) is 90.4 Å². The van der Waals surface area contributed by atoms with Gasteiger partial charge in [0.1, 0.15) is 0 Å². The summed E-state index contributed by atoms with van der Waals surface area (Å²) in [5.41, 5.74) is 15.0. The number of aliphatic imine (C=N–C) groups is 1. The van der Waals surface area contributed by atoms with Crippen molar-refractivity contribution in [3.63, 3.8) is 0 Å². The maximum atomic E-state index is 5.03. The number of nitrogens with zero attached hydrogens (tertiary/aromatic N) is 1. The highest BCUT2D eigenvalue weighted by molar-refractivity contribution is 5.75. The second kappa shape index (κ2) is 22.5. The molecule has 0 aliphatic heterocycles. The van der Waals surface area contributed by atoms with Gasteiger partial charge >= 0.3 is 0 Å². The molecule has 4 nitrogen and oxygen atoms in total. The maximum Gasteiger partial charge on any atom is 0.185 e. The van der Waals surface area contributed by atoms with Crippen LogP contribution in [-0.2, 0) is 0 Å². The molecule has 4 heteroatoms. The van der Waals surface area contributed by atoms with Gasteiger partial charge in [0, 0.05) is 6.54 Å². The van der Waals surface area contributed by atoms with Crippen LogP contribution < -0.4 is 17.2 Å². The first kappa shape index (κ1) is 18.1. The van der Waals surface area contributed by atoms with Crippen molar-refractivity contribution in [3.05, 3.63) is 0 Å². The predicted molar refractivity (Wildman–Crippen MR) is 61.7 cm³/mol. The molecule has 0 saturated carbocycles. The van der Waals surface area contributed by atoms with Crippen LogP contribution in [-0.4, -0.2) is 19.0 Å². The largest absolute Gasteiger partial charge is 0.370 e. The van der Waals surface area contributed by atoms with E-state index in [1.165, 1.54) is 0 Å². The fraction of sp³-hybridized carbons (Fsp3) is 0.889. The van der Waals surface area contributed by atoms with E-state index in [4.69, 9.17) is 17.2 Å². The Bertz CT molecular complexity index is 85.6. The van der Waals surface area contributed by atoms with Gasteiger partial charge in [0.05, 0.1) is 0 Å². The van der Waals surface area contributed by atoms with Crippen molar-refractivity contribution in [2.24, 2.45) is 22.2 Å². The minimum atomic E-state index is 0.182. The van der Waals surface area contributed by atoms with E-state index in [2.05, 4.69) is 11.9 Å². The molecule has 0 radical (unpaired) electrons. The van der Waals surface area contributed by atoms with E-state index in [9.17, 15) is 0 Å². The van der Waals surface area contributed by atoms with Crippen LogP contribution in [0.4, 0.5) is 0 Å². The molecule has 6 N–H and O–H groups in total. The zero-order chi connectivity index (χ0) is 11.1. The van der Waals surface area contributed by atoms with E-state index in [1.807, 2.05) is 20.8 Å². The highest BCUT2D eigenvalue weighted by Gasteiger charge is 1.74. The van der Waals surface area contributed by atoms with Crippen LogP contribution in [0.2, 0.25) is 0 Å². The molecule has 0 unspecified atom stereocenters. The first-order valence-corrected chi connectivity index (χ1v) is 4.94. The lowest BCUT2D eigenvalue weighted by Gasteiger charge is -1.86. The number of hydrogen-bond donors (Lipinski definition) is 3. The highest BCUT2D eigenvalue weighted by Crippen LogP contribution is 1.73. The molecule has 0 amide bonds. The van der Waals surface area contributed by atoms with Gasteiger partial charge in [-0.1, -0.05) is 27.7 Å². The quantitative estimate of drug-likeness (QED) is 0.459. The summed E-state index contributed by atoms with van der Waals surface area (Å²) in [6.45, 7) is 9.63. The monoisotopic (exact) mass is 190 g/mol. The molecule has 0 saturated heterocycles. The Hall–Kier alpha value is -0.770. The van der Waals surface area contributed by atoms with Crippen LogP contribution in [0.3, 0.4) is 0 Å². The smallest absolute Gasteiger partial charge is 0.185 e. The lowest BCUT2D eigenvalue weighted by Crippen LogP contribution is -2.22. The summed E-state index contributed by atoms with van der Waals surface area (Å²) in [4.78, 5) is 3.72. The summed E-state index contributed by atoms with van der Waals surface area (Å²) in [5.74, 6) is 0.182. The maximum absolute atomic E-state index is 5.03. The third-order valence-electron chi connectivity index (χ3n) is 0.807. The summed E-state index contributed by atoms with van der Waals surface area (Å²) >= 11 is 0. The van der Waals surface area contributed by atoms with Crippen LogP contribution in [0.15, 0.2) is 4.99 Å². The van der Waals surface area contributed by atoms with Gasteiger partial charge in [-0.15, -0.1) is 0 Å². The van der Waals surface area contributed by atoms with Crippen molar-refractivity contribution in [1.82, 2.24) is 0 Å². The van der Waals surface area contributed by atoms with Gasteiger partial charge in [-0.3, -0.25) is 4.99 Å². The molecule has 0 rings (SSSR count). The Morgan fingerprint density at radius 1 is 1.08 bits per heavy atom. The first-order valence-electron chi connectivity index (χ1n) is 4.94. The summed E-state index contributed by atoms with van der Waals surface area (Å²) < 4.78 is 0. The Kier molecular flexibility index (Phi) is 31.3. The second-order valence-corrected chi connectivity index (χ2v) is 2.10. The van der Waals surface area contributed by atoms with Gasteiger partial charge in [-0.2, -0.15) is 0 Å². The standard InChI is InChI=1S/C4H11N3.C3H9N.C2H6/c1-2-3-7-4(5)6;1-2-3-4;1-2/h2-3H2,1H3,(H4,5,6,7);2-4H2,1H3;1-2H3. The molecule has 0 spiro atoms. The zero-order valence-electron chi connectivity index (χ0n) is 9.51. The summed E-state index contributed by atoms with van der Waals surface area (Å²) in [6.07, 6.45) is 2.10. The second-order valence-electron chi connectivity index (χ2n) is 2.10. The molecule has 0 aromatic heterocycles. The molecule has 0 aromatic carbocycles. The molecule has 0 aliphatic rings. The van der Waals surface area contributed by atoms with Gasteiger partial charge in [0.15, 0.2) is 5.96 Å². The van der Waals surface area contributed by atoms with Crippen molar-refractivity contribution in [2.45, 2.75) is 40.5 Å². The Morgan fingerprint density at radius 3 is 1.54 bits per heavy atom. The van der Waals surface area contributed by atoms with Crippen molar-refractivity contribution in [3.8, 4) is 0 Å². The molecule has 0 fully saturated rings. The fourth-order valence-electron chi connectivity index (χ4n) is 0.241. The third kappa shape index (κ3) is 53.5. The van der Waals surface area contributed by atoms with Crippen LogP contribution in [0.1, 0.15) is 40.5 Å². The SMILES string of the molecule is CC.CCCN.CCCN=C(N)N. The molecule has 0 aliphatic carbocycles. The molecule has 0 heterocycles.